The summed E-state index contributed by atoms with van der Waals surface area (Å²) in [5, 5.41) is 13.4. The van der Waals surface area contributed by atoms with Crippen LogP contribution in [0, 0.1) is 6.92 Å². The van der Waals surface area contributed by atoms with Crippen molar-refractivity contribution in [1.29, 1.82) is 0 Å². The van der Waals surface area contributed by atoms with E-state index in [1.54, 1.807) is 12.1 Å². The topological polar surface area (TPSA) is 87.7 Å². The third kappa shape index (κ3) is 7.81. The summed E-state index contributed by atoms with van der Waals surface area (Å²) in [6.45, 7) is 19.4. The van der Waals surface area contributed by atoms with E-state index in [1.165, 1.54) is 6.07 Å². The zero-order valence-corrected chi connectivity index (χ0v) is 19.6. The molecule has 0 aliphatic rings. The molecule has 0 heterocycles. The van der Waals surface area contributed by atoms with Crippen molar-refractivity contribution in [3.63, 3.8) is 0 Å². The summed E-state index contributed by atoms with van der Waals surface area (Å²) in [7, 11) is -5.59. The fourth-order valence-electron chi connectivity index (χ4n) is 2.16. The molecule has 6 nitrogen and oxygen atoms in total. The number of phenols is 1. The van der Waals surface area contributed by atoms with Gasteiger partial charge >= 0.3 is 0 Å². The summed E-state index contributed by atoms with van der Waals surface area (Å²) in [5.74, 6) is -0.124. The van der Waals surface area contributed by atoms with Gasteiger partial charge < -0.3 is 14.8 Å². The Labute approximate surface area is 165 Å². The van der Waals surface area contributed by atoms with Crippen LogP contribution >= 0.6 is 0 Å². The highest BCUT2D eigenvalue weighted by molar-refractivity contribution is 7.92. The molecule has 0 aliphatic carbocycles. The summed E-state index contributed by atoms with van der Waals surface area (Å²) in [4.78, 5) is 0. The van der Waals surface area contributed by atoms with E-state index in [0.29, 0.717) is 6.54 Å². The molecule has 27 heavy (non-hydrogen) atoms. The minimum absolute atomic E-state index is 0.0238. The van der Waals surface area contributed by atoms with Gasteiger partial charge in [0.05, 0.1) is 18.0 Å². The Hall–Kier alpha value is -1.09. The second kappa shape index (κ2) is 8.11. The molecule has 3 N–H and O–H groups in total. The molecule has 1 aromatic rings. The average molecular weight is 416 g/mol. The van der Waals surface area contributed by atoms with Crippen LogP contribution in [0.1, 0.15) is 46.3 Å². The van der Waals surface area contributed by atoms with Crippen molar-refractivity contribution in [2.45, 2.75) is 64.4 Å². The van der Waals surface area contributed by atoms with E-state index in [1.807, 2.05) is 13.8 Å². The van der Waals surface area contributed by atoms with Crippen molar-refractivity contribution in [2.24, 2.45) is 0 Å². The van der Waals surface area contributed by atoms with Gasteiger partial charge in [-0.05, 0) is 56.6 Å². The zero-order valence-electron chi connectivity index (χ0n) is 17.8. The molecule has 1 radical (unpaired) electrons. The Balaban J connectivity index is 3.28. The molecule has 0 bridgehead atoms. The van der Waals surface area contributed by atoms with Crippen molar-refractivity contribution < 1.29 is 18.0 Å². The number of hydrogen-bond acceptors (Lipinski definition) is 5. The van der Waals surface area contributed by atoms with Crippen LogP contribution in [-0.2, 0) is 14.4 Å². The number of hydrogen-bond donors (Lipinski definition) is 3. The predicted octanol–water partition coefficient (Wildman–Crippen LogP) is 4.03. The van der Waals surface area contributed by atoms with Crippen LogP contribution in [0.3, 0.4) is 0 Å². The van der Waals surface area contributed by atoms with Crippen molar-refractivity contribution >= 4 is 24.0 Å². The standard InChI is InChI=1S/C19H35N2O4SSi/c1-18(2,3)20-13-17(25-27(8,9)19(4,5)6)14-10-11-16(22)15(12-14)21-26(7,23)24/h10-12,17,20-22H,1,13H2,2-9H3/t17-/m1/s1. The molecule has 155 valence electrons. The molecule has 0 unspecified atom stereocenters. The largest absolute Gasteiger partial charge is 0.506 e. The molecule has 0 spiro atoms. The van der Waals surface area contributed by atoms with Crippen molar-refractivity contribution in [1.82, 2.24) is 5.32 Å². The summed E-state index contributed by atoms with van der Waals surface area (Å²) in [6, 6.07) is 4.88. The molecule has 1 aromatic carbocycles. The van der Waals surface area contributed by atoms with Crippen LogP contribution < -0.4 is 10.0 Å². The fourth-order valence-corrected chi connectivity index (χ4v) is 4.01. The number of aromatic hydroxyl groups is 1. The second-order valence-electron chi connectivity index (χ2n) is 9.28. The molecule has 0 aliphatic heterocycles. The average Bonchev–Trinajstić information content (AvgIpc) is 2.42. The van der Waals surface area contributed by atoms with E-state index in [2.05, 4.69) is 50.8 Å². The molecule has 0 saturated heterocycles. The summed E-state index contributed by atoms with van der Waals surface area (Å²) >= 11 is 0. The summed E-state index contributed by atoms with van der Waals surface area (Å²) < 4.78 is 32.1. The maximum Gasteiger partial charge on any atom is 0.229 e. The normalized spacial score (nSPS) is 14.9. The lowest BCUT2D eigenvalue weighted by Crippen LogP contribution is -2.46. The van der Waals surface area contributed by atoms with Crippen molar-refractivity contribution in [3.8, 4) is 5.75 Å². The van der Waals surface area contributed by atoms with Crippen LogP contribution in [0.25, 0.3) is 0 Å². The molecule has 0 amide bonds. The quantitative estimate of drug-likeness (QED) is 0.441. The molecular weight excluding hydrogens is 380 g/mol. The molecular formula is C19H35N2O4SSi. The molecule has 1 atom stereocenters. The minimum atomic E-state index is -3.50. The highest BCUT2D eigenvalue weighted by Gasteiger charge is 2.39. The van der Waals surface area contributed by atoms with Crippen molar-refractivity contribution in [2.75, 3.05) is 17.5 Å². The third-order valence-corrected chi connectivity index (χ3v) is 9.77. The van der Waals surface area contributed by atoms with Gasteiger partial charge in [-0.1, -0.05) is 26.8 Å². The number of nitrogens with one attached hydrogen (secondary N) is 2. The first-order valence-corrected chi connectivity index (χ1v) is 13.8. The first-order chi connectivity index (χ1) is 11.9. The molecule has 0 saturated carbocycles. The van der Waals surface area contributed by atoms with Gasteiger partial charge in [0.2, 0.25) is 10.0 Å². The van der Waals surface area contributed by atoms with Crippen LogP contribution in [0.4, 0.5) is 5.69 Å². The minimum Gasteiger partial charge on any atom is -0.506 e. The number of anilines is 1. The van der Waals surface area contributed by atoms with Crippen molar-refractivity contribution in [3.05, 3.63) is 30.7 Å². The van der Waals surface area contributed by atoms with Gasteiger partial charge in [-0.25, -0.2) is 8.42 Å². The van der Waals surface area contributed by atoms with Gasteiger partial charge in [0.25, 0.3) is 0 Å². The highest BCUT2D eigenvalue weighted by Crippen LogP contribution is 2.40. The Morgan fingerprint density at radius 3 is 2.22 bits per heavy atom. The highest BCUT2D eigenvalue weighted by atomic mass is 32.2. The van der Waals surface area contributed by atoms with E-state index in [9.17, 15) is 13.5 Å². The van der Waals surface area contributed by atoms with Gasteiger partial charge in [-0.2, -0.15) is 0 Å². The maximum absolute atomic E-state index is 11.6. The van der Waals surface area contributed by atoms with E-state index in [4.69, 9.17) is 4.43 Å². The smallest absolute Gasteiger partial charge is 0.229 e. The number of benzene rings is 1. The first kappa shape index (κ1) is 23.9. The number of rotatable bonds is 8. The number of sulfonamides is 1. The molecule has 8 heteroatoms. The van der Waals surface area contributed by atoms with Gasteiger partial charge in [0.1, 0.15) is 5.75 Å². The third-order valence-electron chi connectivity index (χ3n) is 4.70. The molecule has 1 rings (SSSR count). The number of phenolic OH excluding ortho intramolecular Hbond substituents is 1. The second-order valence-corrected chi connectivity index (χ2v) is 15.8. The Morgan fingerprint density at radius 1 is 1.22 bits per heavy atom. The van der Waals surface area contributed by atoms with Crippen LogP contribution in [0.15, 0.2) is 18.2 Å². The van der Waals surface area contributed by atoms with Crippen LogP contribution in [-0.4, -0.2) is 40.2 Å². The molecule has 0 aromatic heterocycles. The van der Waals surface area contributed by atoms with Gasteiger partial charge in [-0.15, -0.1) is 0 Å². The fraction of sp³-hybridized carbons (Fsp3) is 0.632. The zero-order chi connectivity index (χ0) is 21.3. The Bertz CT molecular complexity index is 750. The van der Waals surface area contributed by atoms with Gasteiger partial charge in [0, 0.05) is 12.1 Å². The lowest BCUT2D eigenvalue weighted by molar-refractivity contribution is 0.172. The SMILES string of the molecule is [CH2]C(C)(C)NC[C@@H](O[Si](C)(C)C(C)(C)C)c1ccc(O)c(NS(C)(=O)=O)c1. The monoisotopic (exact) mass is 415 g/mol. The Kier molecular flexibility index (Phi) is 7.19. The predicted molar refractivity (Wildman–Crippen MR) is 115 cm³/mol. The van der Waals surface area contributed by atoms with E-state index < -0.39 is 18.3 Å². The Morgan fingerprint density at radius 2 is 1.78 bits per heavy atom. The maximum atomic E-state index is 11.6. The lowest BCUT2D eigenvalue weighted by atomic mass is 10.1. The lowest BCUT2D eigenvalue weighted by Gasteiger charge is -2.40. The van der Waals surface area contributed by atoms with E-state index >= 15 is 0 Å². The van der Waals surface area contributed by atoms with E-state index in [0.717, 1.165) is 11.8 Å². The summed E-state index contributed by atoms with van der Waals surface area (Å²) in [6.07, 6.45) is 0.753. The summed E-state index contributed by atoms with van der Waals surface area (Å²) in [5.41, 5.74) is 0.605. The van der Waals surface area contributed by atoms with Crippen LogP contribution in [0.2, 0.25) is 18.1 Å². The van der Waals surface area contributed by atoms with Gasteiger partial charge in [0.15, 0.2) is 8.32 Å². The van der Waals surface area contributed by atoms with Crippen LogP contribution in [0.5, 0.6) is 5.75 Å². The van der Waals surface area contributed by atoms with E-state index in [-0.39, 0.29) is 28.1 Å². The molecule has 0 fully saturated rings. The first-order valence-electron chi connectivity index (χ1n) is 9.00. The van der Waals surface area contributed by atoms with Gasteiger partial charge in [-0.3, -0.25) is 4.72 Å².